The minimum Gasteiger partial charge on any atom is -0.395 e. The van der Waals surface area contributed by atoms with Crippen molar-refractivity contribution in [1.82, 2.24) is 0 Å². The lowest BCUT2D eigenvalue weighted by molar-refractivity contribution is 0.179. The molecule has 0 aliphatic carbocycles. The highest BCUT2D eigenvalue weighted by Gasteiger charge is 2.24. The van der Waals surface area contributed by atoms with Gasteiger partial charge in [0.25, 0.3) is 0 Å². The third-order valence-corrected chi connectivity index (χ3v) is 2.50. The van der Waals surface area contributed by atoms with Crippen LogP contribution in [0.15, 0.2) is 18.2 Å². The second-order valence-corrected chi connectivity index (χ2v) is 4.25. The highest BCUT2D eigenvalue weighted by Crippen LogP contribution is 2.27. The van der Waals surface area contributed by atoms with Gasteiger partial charge in [0.15, 0.2) is 0 Å². The normalized spacial score (nSPS) is 11.8. The Labute approximate surface area is 89.7 Å². The fourth-order valence-corrected chi connectivity index (χ4v) is 1.45. The molecule has 15 heavy (non-hydrogen) atoms. The second kappa shape index (κ2) is 4.73. The monoisotopic (exact) mass is 212 g/mol. The van der Waals surface area contributed by atoms with Crippen LogP contribution in [0.5, 0.6) is 0 Å². The van der Waals surface area contributed by atoms with Gasteiger partial charge in [0.1, 0.15) is 5.82 Å². The Morgan fingerprint density at radius 3 is 2.60 bits per heavy atom. The van der Waals surface area contributed by atoms with Gasteiger partial charge in [-0.15, -0.1) is 0 Å². The molecule has 0 unspecified atom stereocenters. The van der Waals surface area contributed by atoms with Gasteiger partial charge in [-0.2, -0.15) is 0 Å². The molecule has 0 amide bonds. The van der Waals surface area contributed by atoms with Crippen LogP contribution in [-0.4, -0.2) is 18.8 Å². The zero-order valence-electron chi connectivity index (χ0n) is 9.38. The molecule has 0 saturated carbocycles. The fraction of sp³-hybridized carbons (Fsp3) is 0.500. The van der Waals surface area contributed by atoms with Crippen LogP contribution in [0.4, 0.5) is 4.39 Å². The molecule has 1 aromatic rings. The Kier molecular flexibility index (Phi) is 3.83. The number of benzene rings is 1. The highest BCUT2D eigenvalue weighted by atomic mass is 19.1. The zero-order valence-corrected chi connectivity index (χ0v) is 9.38. The Morgan fingerprint density at radius 2 is 2.07 bits per heavy atom. The molecule has 1 rings (SSSR count). The van der Waals surface area contributed by atoms with Gasteiger partial charge in [0.2, 0.25) is 0 Å². The molecule has 0 atom stereocenters. The molecule has 3 heteroatoms. The van der Waals surface area contributed by atoms with Crippen molar-refractivity contribution in [1.29, 1.82) is 0 Å². The maximum atomic E-state index is 14.0. The summed E-state index contributed by atoms with van der Waals surface area (Å²) in [6, 6.07) is 5.17. The first-order valence-electron chi connectivity index (χ1n) is 4.90. The van der Waals surface area contributed by atoms with Crippen molar-refractivity contribution in [2.24, 2.45) is 0 Å². The lowest BCUT2D eigenvalue weighted by Crippen LogP contribution is -2.24. The summed E-state index contributed by atoms with van der Waals surface area (Å²) in [5.41, 5.74) is 0.490. The van der Waals surface area contributed by atoms with Crippen molar-refractivity contribution in [3.63, 3.8) is 0 Å². The summed E-state index contributed by atoms with van der Waals surface area (Å²) < 4.78 is 18.9. The summed E-state index contributed by atoms with van der Waals surface area (Å²) >= 11 is 0. The summed E-state index contributed by atoms with van der Waals surface area (Å²) in [5, 5.41) is 9.19. The standard InChI is InChI=1S/C12H17FO2/c1-12(2,8-14)10-6-4-5-9(7-15-3)11(10)13/h4-6,14H,7-8H2,1-3H3. The molecule has 0 fully saturated rings. The van der Waals surface area contributed by atoms with Gasteiger partial charge in [-0.25, -0.2) is 4.39 Å². The van der Waals surface area contributed by atoms with Crippen LogP contribution in [0.3, 0.4) is 0 Å². The maximum absolute atomic E-state index is 14.0. The van der Waals surface area contributed by atoms with E-state index in [-0.39, 0.29) is 19.0 Å². The predicted octanol–water partition coefficient (Wildman–Crippen LogP) is 2.24. The SMILES string of the molecule is COCc1cccc(C(C)(C)CO)c1F. The number of aliphatic hydroxyl groups is 1. The van der Waals surface area contributed by atoms with Crippen LogP contribution in [0.2, 0.25) is 0 Å². The Morgan fingerprint density at radius 1 is 1.40 bits per heavy atom. The number of aliphatic hydroxyl groups excluding tert-OH is 1. The summed E-state index contributed by atoms with van der Waals surface area (Å²) in [6.07, 6.45) is 0. The van der Waals surface area contributed by atoms with E-state index in [4.69, 9.17) is 4.74 Å². The maximum Gasteiger partial charge on any atom is 0.132 e. The first kappa shape index (κ1) is 12.1. The Bertz CT molecular complexity index is 334. The topological polar surface area (TPSA) is 29.5 Å². The molecule has 1 aromatic carbocycles. The lowest BCUT2D eigenvalue weighted by atomic mass is 9.84. The number of ether oxygens (including phenoxy) is 1. The van der Waals surface area contributed by atoms with Crippen LogP contribution in [-0.2, 0) is 16.8 Å². The van der Waals surface area contributed by atoms with E-state index in [9.17, 15) is 9.50 Å². The van der Waals surface area contributed by atoms with E-state index in [0.29, 0.717) is 11.1 Å². The van der Waals surface area contributed by atoms with Gasteiger partial charge in [-0.1, -0.05) is 32.0 Å². The van der Waals surface area contributed by atoms with Gasteiger partial charge >= 0.3 is 0 Å². The summed E-state index contributed by atoms with van der Waals surface area (Å²) in [7, 11) is 1.53. The third-order valence-electron chi connectivity index (χ3n) is 2.50. The van der Waals surface area contributed by atoms with Crippen LogP contribution in [0, 0.1) is 5.82 Å². The van der Waals surface area contributed by atoms with Crippen LogP contribution < -0.4 is 0 Å². The Hall–Kier alpha value is -0.930. The van der Waals surface area contributed by atoms with E-state index in [0.717, 1.165) is 0 Å². The largest absolute Gasteiger partial charge is 0.395 e. The molecule has 0 aliphatic rings. The number of hydrogen-bond acceptors (Lipinski definition) is 2. The van der Waals surface area contributed by atoms with Crippen molar-refractivity contribution in [2.75, 3.05) is 13.7 Å². The molecule has 0 aromatic heterocycles. The van der Waals surface area contributed by atoms with E-state index in [1.165, 1.54) is 7.11 Å². The molecule has 84 valence electrons. The number of halogens is 1. The van der Waals surface area contributed by atoms with Crippen molar-refractivity contribution in [2.45, 2.75) is 25.9 Å². The molecule has 2 nitrogen and oxygen atoms in total. The predicted molar refractivity (Wildman–Crippen MR) is 57.2 cm³/mol. The molecule has 0 saturated heterocycles. The highest BCUT2D eigenvalue weighted by molar-refractivity contribution is 5.31. The summed E-state index contributed by atoms with van der Waals surface area (Å²) in [6.45, 7) is 3.78. The summed E-state index contributed by atoms with van der Waals surface area (Å²) in [4.78, 5) is 0. The average Bonchev–Trinajstić information content (AvgIpc) is 2.21. The van der Waals surface area contributed by atoms with Crippen LogP contribution in [0.1, 0.15) is 25.0 Å². The molecule has 1 N–H and O–H groups in total. The van der Waals surface area contributed by atoms with Crippen molar-refractivity contribution < 1.29 is 14.2 Å². The second-order valence-electron chi connectivity index (χ2n) is 4.25. The molecule has 0 spiro atoms. The van der Waals surface area contributed by atoms with E-state index in [1.54, 1.807) is 18.2 Å². The minimum atomic E-state index is -0.562. The number of rotatable bonds is 4. The van der Waals surface area contributed by atoms with Crippen molar-refractivity contribution in [3.8, 4) is 0 Å². The van der Waals surface area contributed by atoms with Gasteiger partial charge < -0.3 is 9.84 Å². The van der Waals surface area contributed by atoms with E-state index in [1.807, 2.05) is 13.8 Å². The van der Waals surface area contributed by atoms with Gasteiger partial charge in [0.05, 0.1) is 13.2 Å². The lowest BCUT2D eigenvalue weighted by Gasteiger charge is -2.23. The fourth-order valence-electron chi connectivity index (χ4n) is 1.45. The minimum absolute atomic E-state index is 0.0830. The molecule has 0 aliphatic heterocycles. The first-order valence-corrected chi connectivity index (χ1v) is 4.90. The zero-order chi connectivity index (χ0) is 11.5. The van der Waals surface area contributed by atoms with E-state index >= 15 is 0 Å². The van der Waals surface area contributed by atoms with E-state index in [2.05, 4.69) is 0 Å². The van der Waals surface area contributed by atoms with Gasteiger partial charge in [-0.3, -0.25) is 0 Å². The third kappa shape index (κ3) is 2.55. The van der Waals surface area contributed by atoms with Crippen molar-refractivity contribution in [3.05, 3.63) is 35.1 Å². The van der Waals surface area contributed by atoms with E-state index < -0.39 is 5.41 Å². The molecular formula is C12H17FO2. The average molecular weight is 212 g/mol. The molecular weight excluding hydrogens is 195 g/mol. The van der Waals surface area contributed by atoms with Crippen molar-refractivity contribution >= 4 is 0 Å². The van der Waals surface area contributed by atoms with Gasteiger partial charge in [-0.05, 0) is 5.56 Å². The van der Waals surface area contributed by atoms with Crippen LogP contribution in [0.25, 0.3) is 0 Å². The van der Waals surface area contributed by atoms with Crippen LogP contribution >= 0.6 is 0 Å². The first-order chi connectivity index (χ1) is 7.03. The number of hydrogen-bond donors (Lipinski definition) is 1. The smallest absolute Gasteiger partial charge is 0.132 e. The quantitative estimate of drug-likeness (QED) is 0.829. The number of methoxy groups -OCH3 is 1. The summed E-state index contributed by atoms with van der Waals surface area (Å²) in [5.74, 6) is -0.279. The molecule has 0 heterocycles. The Balaban J connectivity index is 3.15. The van der Waals surface area contributed by atoms with Gasteiger partial charge in [0, 0.05) is 18.1 Å². The molecule has 0 bridgehead atoms. The molecule has 0 radical (unpaired) electrons.